The van der Waals surface area contributed by atoms with Crippen LogP contribution in [0.25, 0.3) is 0 Å². The van der Waals surface area contributed by atoms with E-state index in [9.17, 15) is 8.42 Å². The highest BCUT2D eigenvalue weighted by atomic mass is 35.5. The van der Waals surface area contributed by atoms with Crippen molar-refractivity contribution >= 4 is 44.7 Å². The molecule has 0 amide bonds. The summed E-state index contributed by atoms with van der Waals surface area (Å²) in [6, 6.07) is 6.22. The Kier molecular flexibility index (Phi) is 3.82. The van der Waals surface area contributed by atoms with Crippen LogP contribution in [-0.4, -0.2) is 26.3 Å². The van der Waals surface area contributed by atoms with Crippen LogP contribution in [0, 0.1) is 0 Å². The Balaban J connectivity index is 2.31. The van der Waals surface area contributed by atoms with Gasteiger partial charge in [0.2, 0.25) is 0 Å². The van der Waals surface area contributed by atoms with Gasteiger partial charge in [-0.1, -0.05) is 23.2 Å². The topological polar surface area (TPSA) is 74.7 Å². The molecule has 1 aliphatic rings. The minimum Gasteiger partial charge on any atom is -0.265 e. The number of nitrogens with one attached hydrogen (secondary N) is 1. The number of nitrogens with zero attached hydrogens (tertiary/aromatic N) is 3. The third-order valence-corrected chi connectivity index (χ3v) is 5.05. The quantitative estimate of drug-likeness (QED) is 0.894. The van der Waals surface area contributed by atoms with E-state index in [1.807, 2.05) is 0 Å². The smallest absolute Gasteiger partial charge is 0.265 e. The largest absolute Gasteiger partial charge is 0.287 e. The average molecular weight is 357 g/mol. The van der Waals surface area contributed by atoms with Crippen LogP contribution in [0.15, 0.2) is 46.0 Å². The molecule has 114 valence electrons. The van der Waals surface area contributed by atoms with Gasteiger partial charge in [-0.3, -0.25) is 9.99 Å². The average Bonchev–Trinajstić information content (AvgIpc) is 2.46. The van der Waals surface area contributed by atoms with E-state index in [0.717, 1.165) is 0 Å². The summed E-state index contributed by atoms with van der Waals surface area (Å²) in [6.45, 7) is 0. The predicted octanol–water partition coefficient (Wildman–Crippen LogP) is 2.48. The zero-order chi connectivity index (χ0) is 15.9. The summed E-state index contributed by atoms with van der Waals surface area (Å²) in [4.78, 5) is 3.84. The lowest BCUT2D eigenvalue weighted by molar-refractivity contribution is 0.596. The van der Waals surface area contributed by atoms with Gasteiger partial charge in [-0.05, 0) is 24.3 Å². The molecule has 0 fully saturated rings. The van der Waals surface area contributed by atoms with Gasteiger partial charge in [-0.2, -0.15) is 8.42 Å². The van der Waals surface area contributed by atoms with Gasteiger partial charge in [0.15, 0.2) is 5.84 Å². The van der Waals surface area contributed by atoms with Crippen molar-refractivity contribution in [2.75, 3.05) is 12.1 Å². The van der Waals surface area contributed by atoms with Gasteiger partial charge in [-0.15, -0.1) is 4.40 Å². The lowest BCUT2D eigenvalue weighted by Gasteiger charge is -2.30. The van der Waals surface area contributed by atoms with Crippen molar-refractivity contribution in [3.05, 3.63) is 52.3 Å². The van der Waals surface area contributed by atoms with Crippen LogP contribution in [-0.2, 0) is 10.0 Å². The van der Waals surface area contributed by atoms with Crippen LogP contribution < -0.4 is 10.4 Å². The Labute approximate surface area is 137 Å². The van der Waals surface area contributed by atoms with Crippen LogP contribution in [0.1, 0.15) is 5.56 Å². The lowest BCUT2D eigenvalue weighted by Crippen LogP contribution is -2.44. The van der Waals surface area contributed by atoms with E-state index in [0.29, 0.717) is 16.3 Å². The first-order valence-electron chi connectivity index (χ1n) is 6.16. The van der Waals surface area contributed by atoms with Crippen molar-refractivity contribution in [2.24, 2.45) is 4.40 Å². The minimum absolute atomic E-state index is 0.0280. The fourth-order valence-electron chi connectivity index (χ4n) is 2.19. The molecule has 0 atom stereocenters. The zero-order valence-corrected chi connectivity index (χ0v) is 13.6. The maximum Gasteiger partial charge on any atom is 0.287 e. The second-order valence-electron chi connectivity index (χ2n) is 4.42. The van der Waals surface area contributed by atoms with E-state index < -0.39 is 10.0 Å². The Morgan fingerprint density at radius 1 is 1.18 bits per heavy atom. The molecule has 1 N–H and O–H groups in total. The highest BCUT2D eigenvalue weighted by molar-refractivity contribution is 7.90. The number of anilines is 1. The van der Waals surface area contributed by atoms with Gasteiger partial charge in [0.05, 0.1) is 10.7 Å². The molecule has 0 saturated heterocycles. The number of fused-ring (bicyclic) bond motifs is 1. The maximum absolute atomic E-state index is 12.5. The fraction of sp³-hybridized carbons (Fsp3) is 0.0769. The van der Waals surface area contributed by atoms with E-state index >= 15 is 0 Å². The monoisotopic (exact) mass is 356 g/mol. The standard InChI is InChI=1S/C13H10Cl2N4O2S/c1-16-19-11-7-9(14)6-10(15)12(11)22(20,21)18-13(19)8-2-4-17-5-3-8/h2-7,16H,1H3. The second kappa shape index (κ2) is 5.51. The number of rotatable bonds is 2. The normalized spacial score (nSPS) is 16.1. The number of benzene rings is 1. The molecular formula is C13H10Cl2N4O2S. The number of halogens is 2. The van der Waals surface area contributed by atoms with Gasteiger partial charge in [-0.25, -0.2) is 5.43 Å². The first-order valence-corrected chi connectivity index (χ1v) is 8.35. The van der Waals surface area contributed by atoms with Crippen molar-refractivity contribution in [2.45, 2.75) is 4.90 Å². The van der Waals surface area contributed by atoms with Gasteiger partial charge >= 0.3 is 0 Å². The third kappa shape index (κ3) is 2.46. The number of hydrogen-bond donors (Lipinski definition) is 1. The van der Waals surface area contributed by atoms with E-state index in [1.54, 1.807) is 31.6 Å². The Morgan fingerprint density at radius 3 is 2.50 bits per heavy atom. The molecule has 0 bridgehead atoms. The molecule has 1 aromatic heterocycles. The molecular weight excluding hydrogens is 347 g/mol. The molecule has 1 aromatic carbocycles. The van der Waals surface area contributed by atoms with Crippen molar-refractivity contribution < 1.29 is 8.42 Å². The molecule has 6 nitrogen and oxygen atoms in total. The van der Waals surface area contributed by atoms with Crippen molar-refractivity contribution in [1.29, 1.82) is 0 Å². The lowest BCUT2D eigenvalue weighted by atomic mass is 10.2. The number of sulfonamides is 1. The fourth-order valence-corrected chi connectivity index (χ4v) is 4.19. The van der Waals surface area contributed by atoms with Crippen LogP contribution in [0.2, 0.25) is 10.0 Å². The van der Waals surface area contributed by atoms with Gasteiger partial charge < -0.3 is 0 Å². The maximum atomic E-state index is 12.5. The summed E-state index contributed by atoms with van der Waals surface area (Å²) in [5.41, 5.74) is 3.81. The highest BCUT2D eigenvalue weighted by Gasteiger charge is 2.33. The van der Waals surface area contributed by atoms with Gasteiger partial charge in [0.1, 0.15) is 4.90 Å². The van der Waals surface area contributed by atoms with Crippen LogP contribution in [0.3, 0.4) is 0 Å². The molecule has 0 saturated carbocycles. The number of hydrogen-bond acceptors (Lipinski definition) is 5. The number of pyridine rings is 1. The molecule has 0 unspecified atom stereocenters. The molecule has 0 radical (unpaired) electrons. The second-order valence-corrected chi connectivity index (χ2v) is 6.81. The molecule has 2 heterocycles. The van der Waals surface area contributed by atoms with Crippen molar-refractivity contribution in [3.8, 4) is 0 Å². The summed E-state index contributed by atoms with van der Waals surface area (Å²) in [5.74, 6) is 0.218. The molecule has 0 aliphatic carbocycles. The first kappa shape index (κ1) is 15.2. The highest BCUT2D eigenvalue weighted by Crippen LogP contribution is 2.39. The molecule has 1 aliphatic heterocycles. The van der Waals surface area contributed by atoms with Crippen LogP contribution in [0.5, 0.6) is 0 Å². The summed E-state index contributed by atoms with van der Waals surface area (Å²) in [7, 11) is -2.29. The number of amidine groups is 1. The van der Waals surface area contributed by atoms with E-state index in [1.165, 1.54) is 17.1 Å². The minimum atomic E-state index is -3.93. The summed E-state index contributed by atoms with van der Waals surface area (Å²) < 4.78 is 28.8. The molecule has 0 spiro atoms. The Bertz CT molecular complexity index is 869. The summed E-state index contributed by atoms with van der Waals surface area (Å²) in [6.07, 6.45) is 3.11. The van der Waals surface area contributed by atoms with E-state index in [4.69, 9.17) is 23.2 Å². The van der Waals surface area contributed by atoms with Gasteiger partial charge in [0.25, 0.3) is 10.0 Å². The molecule has 2 aromatic rings. The number of hydrazine groups is 1. The summed E-state index contributed by atoms with van der Waals surface area (Å²) >= 11 is 12.1. The third-order valence-electron chi connectivity index (χ3n) is 3.07. The number of aromatic nitrogens is 1. The Hall–Kier alpha value is -1.67. The predicted molar refractivity (Wildman–Crippen MR) is 86.0 cm³/mol. The van der Waals surface area contributed by atoms with E-state index in [2.05, 4.69) is 14.8 Å². The SMILES string of the molecule is CNN1C(c2ccncc2)=NS(=O)(=O)c2c(Cl)cc(Cl)cc21. The summed E-state index contributed by atoms with van der Waals surface area (Å²) in [5, 5.41) is 1.87. The molecule has 22 heavy (non-hydrogen) atoms. The van der Waals surface area contributed by atoms with E-state index in [-0.39, 0.29) is 15.8 Å². The first-order chi connectivity index (χ1) is 10.4. The zero-order valence-electron chi connectivity index (χ0n) is 11.3. The molecule has 3 rings (SSSR count). The van der Waals surface area contributed by atoms with Crippen molar-refractivity contribution in [3.63, 3.8) is 0 Å². The molecule has 9 heteroatoms. The van der Waals surface area contributed by atoms with Gasteiger partial charge in [0, 0.05) is 30.0 Å². The van der Waals surface area contributed by atoms with Crippen LogP contribution >= 0.6 is 23.2 Å². The van der Waals surface area contributed by atoms with Crippen LogP contribution in [0.4, 0.5) is 5.69 Å². The van der Waals surface area contributed by atoms with Crippen molar-refractivity contribution in [1.82, 2.24) is 10.4 Å². The Morgan fingerprint density at radius 2 is 1.86 bits per heavy atom.